The van der Waals surface area contributed by atoms with Gasteiger partial charge in [-0.05, 0) is 19.1 Å². The highest BCUT2D eigenvalue weighted by Gasteiger charge is 2.33. The van der Waals surface area contributed by atoms with Crippen molar-refractivity contribution in [3.8, 4) is 17.2 Å². The highest BCUT2D eigenvalue weighted by Crippen LogP contribution is 2.50. The zero-order valence-electron chi connectivity index (χ0n) is 11.2. The van der Waals surface area contributed by atoms with Crippen LogP contribution in [0.4, 0.5) is 5.69 Å². The number of hydrogen-bond donors (Lipinski definition) is 0. The van der Waals surface area contributed by atoms with Crippen LogP contribution in [0.3, 0.4) is 0 Å². The fourth-order valence-electron chi connectivity index (χ4n) is 2.76. The molecule has 104 valence electrons. The van der Waals surface area contributed by atoms with E-state index in [2.05, 4.69) is 0 Å². The first-order chi connectivity index (χ1) is 10.1. The van der Waals surface area contributed by atoms with E-state index in [0.29, 0.717) is 17.2 Å². The number of nitrogens with zero attached hydrogens (tertiary/aromatic N) is 1. The van der Waals surface area contributed by atoms with Crippen LogP contribution < -0.4 is 9.47 Å². The van der Waals surface area contributed by atoms with Crippen molar-refractivity contribution in [3.63, 3.8) is 0 Å². The third-order valence-corrected chi connectivity index (χ3v) is 3.74. The van der Waals surface area contributed by atoms with Gasteiger partial charge in [0.05, 0.1) is 22.6 Å². The molecule has 0 N–H and O–H groups in total. The summed E-state index contributed by atoms with van der Waals surface area (Å²) >= 11 is 0. The Labute approximate surface area is 120 Å². The first-order valence-corrected chi connectivity index (χ1v) is 6.61. The average molecular weight is 281 g/mol. The van der Waals surface area contributed by atoms with Crippen LogP contribution in [0, 0.1) is 10.1 Å². The number of hydrogen-bond acceptors (Lipinski definition) is 4. The Kier molecular flexibility index (Phi) is 2.33. The first kappa shape index (κ1) is 12.0. The minimum atomic E-state index is -0.438. The lowest BCUT2D eigenvalue weighted by atomic mass is 10.00. The summed E-state index contributed by atoms with van der Waals surface area (Å²) in [6.45, 7) is 1.93. The summed E-state index contributed by atoms with van der Waals surface area (Å²) in [7, 11) is 0. The lowest BCUT2D eigenvalue weighted by Crippen LogP contribution is -2.04. The molecule has 2 aromatic carbocycles. The first-order valence-electron chi connectivity index (χ1n) is 6.61. The number of non-ortho nitro benzene ring substituents is 1. The third-order valence-electron chi connectivity index (χ3n) is 3.74. The van der Waals surface area contributed by atoms with Crippen molar-refractivity contribution in [2.75, 3.05) is 0 Å². The molecule has 0 aliphatic carbocycles. The monoisotopic (exact) mass is 281 g/mol. The van der Waals surface area contributed by atoms with Crippen molar-refractivity contribution in [2.24, 2.45) is 0 Å². The molecule has 5 heteroatoms. The molecule has 2 aliphatic heterocycles. The van der Waals surface area contributed by atoms with Crippen LogP contribution in [-0.2, 0) is 0 Å². The molecule has 0 saturated carbocycles. The average Bonchev–Trinajstić information content (AvgIpc) is 2.67. The van der Waals surface area contributed by atoms with Crippen LogP contribution >= 0.6 is 0 Å². The van der Waals surface area contributed by atoms with Gasteiger partial charge in [-0.15, -0.1) is 0 Å². The summed E-state index contributed by atoms with van der Waals surface area (Å²) in [6, 6.07) is 10.5. The Bertz CT molecular complexity index is 810. The van der Waals surface area contributed by atoms with Crippen molar-refractivity contribution in [3.05, 3.63) is 57.6 Å². The molecule has 5 nitrogen and oxygen atoms in total. The number of nitro benzene ring substituents is 1. The van der Waals surface area contributed by atoms with Crippen LogP contribution in [0.2, 0.25) is 0 Å². The van der Waals surface area contributed by atoms with Crippen LogP contribution in [0.15, 0.2) is 36.4 Å². The smallest absolute Gasteiger partial charge is 0.276 e. The van der Waals surface area contributed by atoms with Crippen LogP contribution in [0.25, 0.3) is 11.6 Å². The zero-order chi connectivity index (χ0) is 14.6. The molecule has 21 heavy (non-hydrogen) atoms. The summed E-state index contributed by atoms with van der Waals surface area (Å²) in [5.41, 5.74) is 2.70. The van der Waals surface area contributed by atoms with Gasteiger partial charge in [0, 0.05) is 11.1 Å². The standard InChI is InChI=1S/C16H11NO4/c1-9-12-6-10-4-2-3-5-13(10)21-15-8-11(17(18)19)7-14(20-9)16(12)15/h2-9H,1H3. The molecule has 1 unspecified atom stereocenters. The molecule has 0 fully saturated rings. The molecule has 0 radical (unpaired) electrons. The van der Waals surface area contributed by atoms with E-state index in [4.69, 9.17) is 9.47 Å². The summed E-state index contributed by atoms with van der Waals surface area (Å²) in [4.78, 5) is 10.6. The predicted octanol–water partition coefficient (Wildman–Crippen LogP) is 4.02. The molecule has 0 aromatic heterocycles. The number of rotatable bonds is 1. The van der Waals surface area contributed by atoms with E-state index in [0.717, 1.165) is 16.7 Å². The molecule has 0 bridgehead atoms. The zero-order valence-corrected chi connectivity index (χ0v) is 11.2. The fraction of sp³-hybridized carbons (Fsp3) is 0.125. The van der Waals surface area contributed by atoms with Crippen LogP contribution in [-0.4, -0.2) is 11.0 Å². The highest BCUT2D eigenvalue weighted by atomic mass is 16.6. The van der Waals surface area contributed by atoms with Crippen LogP contribution in [0.5, 0.6) is 17.2 Å². The lowest BCUT2D eigenvalue weighted by Gasteiger charge is -2.09. The maximum atomic E-state index is 11.1. The molecule has 2 heterocycles. The fourth-order valence-corrected chi connectivity index (χ4v) is 2.76. The Hall–Kier alpha value is -2.82. The van der Waals surface area contributed by atoms with Crippen molar-refractivity contribution >= 4 is 17.3 Å². The predicted molar refractivity (Wildman–Crippen MR) is 77.6 cm³/mol. The minimum absolute atomic E-state index is 0.0309. The lowest BCUT2D eigenvalue weighted by molar-refractivity contribution is -0.385. The van der Waals surface area contributed by atoms with Gasteiger partial charge in [-0.25, -0.2) is 0 Å². The van der Waals surface area contributed by atoms with Gasteiger partial charge in [-0.1, -0.05) is 18.2 Å². The number of fused-ring (bicyclic) bond motifs is 1. The largest absolute Gasteiger partial charge is 0.485 e. The SMILES string of the molecule is CC1Oc2cc([N+](=O)[O-])cc3c2C1=Cc1ccccc1O3. The second-order valence-electron chi connectivity index (χ2n) is 5.07. The van der Waals surface area contributed by atoms with Crippen molar-refractivity contribution in [1.29, 1.82) is 0 Å². The number of benzene rings is 2. The van der Waals surface area contributed by atoms with Crippen molar-refractivity contribution in [1.82, 2.24) is 0 Å². The normalized spacial score (nSPS) is 17.8. The number of para-hydroxylation sites is 1. The van der Waals surface area contributed by atoms with Crippen molar-refractivity contribution < 1.29 is 14.4 Å². The van der Waals surface area contributed by atoms with Gasteiger partial charge in [0.15, 0.2) is 0 Å². The second-order valence-corrected chi connectivity index (χ2v) is 5.07. The van der Waals surface area contributed by atoms with E-state index in [1.54, 1.807) is 0 Å². The van der Waals surface area contributed by atoms with Crippen molar-refractivity contribution in [2.45, 2.75) is 13.0 Å². The van der Waals surface area contributed by atoms with Gasteiger partial charge >= 0.3 is 0 Å². The molecule has 0 amide bonds. The Morgan fingerprint density at radius 3 is 2.71 bits per heavy atom. The van der Waals surface area contributed by atoms with E-state index >= 15 is 0 Å². The van der Waals surface area contributed by atoms with E-state index in [1.165, 1.54) is 12.1 Å². The molecule has 0 spiro atoms. The van der Waals surface area contributed by atoms with E-state index in [-0.39, 0.29) is 11.8 Å². The van der Waals surface area contributed by atoms with Crippen LogP contribution in [0.1, 0.15) is 18.1 Å². The Morgan fingerprint density at radius 2 is 1.90 bits per heavy atom. The maximum Gasteiger partial charge on any atom is 0.276 e. The van der Waals surface area contributed by atoms with Gasteiger partial charge < -0.3 is 9.47 Å². The van der Waals surface area contributed by atoms with Gasteiger partial charge in [-0.2, -0.15) is 0 Å². The molecular formula is C16H11NO4. The minimum Gasteiger partial charge on any atom is -0.485 e. The molecule has 1 atom stereocenters. The molecule has 2 aliphatic rings. The third kappa shape index (κ3) is 1.71. The molecule has 2 aromatic rings. The van der Waals surface area contributed by atoms with Gasteiger partial charge in [-0.3, -0.25) is 10.1 Å². The Morgan fingerprint density at radius 1 is 1.14 bits per heavy atom. The van der Waals surface area contributed by atoms with E-state index < -0.39 is 4.92 Å². The molecular weight excluding hydrogens is 270 g/mol. The van der Waals surface area contributed by atoms with E-state index in [9.17, 15) is 10.1 Å². The maximum absolute atomic E-state index is 11.1. The summed E-state index contributed by atoms with van der Waals surface area (Å²) in [5.74, 6) is 1.67. The Balaban J connectivity index is 2.01. The highest BCUT2D eigenvalue weighted by molar-refractivity contribution is 5.94. The number of ether oxygens (including phenoxy) is 2. The second kappa shape index (κ2) is 4.09. The summed E-state index contributed by atoms with van der Waals surface area (Å²) in [5, 5.41) is 11.1. The van der Waals surface area contributed by atoms with Gasteiger partial charge in [0.1, 0.15) is 23.4 Å². The quantitative estimate of drug-likeness (QED) is 0.585. The molecule has 4 rings (SSSR count). The molecule has 0 saturated heterocycles. The summed E-state index contributed by atoms with van der Waals surface area (Å²) < 4.78 is 11.6. The summed E-state index contributed by atoms with van der Waals surface area (Å²) in [6.07, 6.45) is 1.87. The van der Waals surface area contributed by atoms with E-state index in [1.807, 2.05) is 37.3 Å². The topological polar surface area (TPSA) is 61.6 Å². The van der Waals surface area contributed by atoms with Gasteiger partial charge in [0.25, 0.3) is 5.69 Å². The number of nitro groups is 1. The van der Waals surface area contributed by atoms with Gasteiger partial charge in [0.2, 0.25) is 0 Å².